The lowest BCUT2D eigenvalue weighted by molar-refractivity contribution is -0.115. The highest BCUT2D eigenvalue weighted by Crippen LogP contribution is 2.38. The number of fused-ring (bicyclic) bond motifs is 2. The van der Waals surface area contributed by atoms with Gasteiger partial charge in [0.15, 0.2) is 16.6 Å². The minimum absolute atomic E-state index is 0.0429. The number of benzene rings is 2. The smallest absolute Gasteiger partial charge is 0.254 e. The highest BCUT2D eigenvalue weighted by atomic mass is 32.1. The van der Waals surface area contributed by atoms with Crippen molar-refractivity contribution >= 4 is 33.9 Å². The lowest BCUT2D eigenvalue weighted by Gasteiger charge is -2.28. The second-order valence-corrected chi connectivity index (χ2v) is 11.7. The average molecular weight is 542 g/mol. The van der Waals surface area contributed by atoms with Crippen molar-refractivity contribution in [1.82, 2.24) is 9.88 Å². The van der Waals surface area contributed by atoms with Gasteiger partial charge in [0.25, 0.3) is 5.91 Å². The predicted octanol–water partition coefficient (Wildman–Crippen LogP) is 5.97. The molecular weight excluding hydrogens is 510 g/mol. The fraction of sp³-hybridized carbons (Fsp3) is 0.323. The van der Waals surface area contributed by atoms with E-state index in [1.807, 2.05) is 48.2 Å². The summed E-state index contributed by atoms with van der Waals surface area (Å²) >= 11 is 1.47. The van der Waals surface area contributed by atoms with E-state index in [9.17, 15) is 9.59 Å². The number of hydrogen-bond donors (Lipinski definition) is 1. The molecule has 7 nitrogen and oxygen atoms in total. The molecule has 39 heavy (non-hydrogen) atoms. The SMILES string of the molecule is Cc1sc(NC(=O)Cc2ccc3c(c2)OCO3)nc1C1=CC2CCN(C(=O)c3ccccc3C(C)C)C2C=C1. The Labute approximate surface area is 232 Å². The van der Waals surface area contributed by atoms with Crippen LogP contribution in [-0.2, 0) is 11.2 Å². The number of hydrogen-bond acceptors (Lipinski definition) is 6. The third-order valence-electron chi connectivity index (χ3n) is 7.56. The Kier molecular flexibility index (Phi) is 6.73. The van der Waals surface area contributed by atoms with Crippen LogP contribution in [0.5, 0.6) is 11.5 Å². The summed E-state index contributed by atoms with van der Waals surface area (Å²) < 4.78 is 10.8. The van der Waals surface area contributed by atoms with E-state index in [0.29, 0.717) is 16.6 Å². The molecule has 1 saturated heterocycles. The quantitative estimate of drug-likeness (QED) is 0.416. The van der Waals surface area contributed by atoms with Gasteiger partial charge < -0.3 is 19.7 Å². The third-order valence-corrected chi connectivity index (χ3v) is 8.45. The molecule has 6 rings (SSSR count). The zero-order chi connectivity index (χ0) is 27.1. The molecule has 2 atom stereocenters. The van der Waals surface area contributed by atoms with E-state index in [1.54, 1.807) is 0 Å². The molecule has 1 aromatic heterocycles. The van der Waals surface area contributed by atoms with Crippen LogP contribution in [0.4, 0.5) is 5.13 Å². The fourth-order valence-corrected chi connectivity index (χ4v) is 6.47. The first-order chi connectivity index (χ1) is 18.9. The van der Waals surface area contributed by atoms with Crippen molar-refractivity contribution in [2.24, 2.45) is 5.92 Å². The summed E-state index contributed by atoms with van der Waals surface area (Å²) in [6.45, 7) is 7.20. The number of rotatable bonds is 6. The minimum Gasteiger partial charge on any atom is -0.454 e. The highest BCUT2D eigenvalue weighted by Gasteiger charge is 2.37. The molecule has 2 unspecified atom stereocenters. The Bertz CT molecular complexity index is 1510. The number of nitrogens with zero attached hydrogens (tertiary/aromatic N) is 2. The second-order valence-electron chi connectivity index (χ2n) is 10.5. The van der Waals surface area contributed by atoms with Crippen molar-refractivity contribution in [2.75, 3.05) is 18.7 Å². The molecule has 2 aliphatic heterocycles. The topological polar surface area (TPSA) is 80.8 Å². The van der Waals surface area contributed by atoms with E-state index in [1.165, 1.54) is 11.3 Å². The van der Waals surface area contributed by atoms with Gasteiger partial charge in [-0.1, -0.05) is 56.3 Å². The van der Waals surface area contributed by atoms with Crippen LogP contribution in [0, 0.1) is 12.8 Å². The molecule has 8 heteroatoms. The number of aromatic nitrogens is 1. The van der Waals surface area contributed by atoms with Crippen LogP contribution >= 0.6 is 11.3 Å². The van der Waals surface area contributed by atoms with Gasteiger partial charge in [0.2, 0.25) is 12.7 Å². The number of nitrogens with one attached hydrogen (secondary N) is 1. The molecule has 3 aromatic rings. The number of allylic oxidation sites excluding steroid dienone is 2. The summed E-state index contributed by atoms with van der Waals surface area (Å²) in [5.41, 5.74) is 4.66. The van der Waals surface area contributed by atoms with Gasteiger partial charge in [-0.3, -0.25) is 9.59 Å². The number of ether oxygens (including phenoxy) is 2. The van der Waals surface area contributed by atoms with Crippen molar-refractivity contribution in [3.63, 3.8) is 0 Å². The summed E-state index contributed by atoms with van der Waals surface area (Å²) in [4.78, 5) is 34.1. The summed E-state index contributed by atoms with van der Waals surface area (Å²) in [6.07, 6.45) is 7.59. The maximum Gasteiger partial charge on any atom is 0.254 e. The van der Waals surface area contributed by atoms with Crippen LogP contribution in [0.1, 0.15) is 58.2 Å². The lowest BCUT2D eigenvalue weighted by Crippen LogP contribution is -2.37. The number of aryl methyl sites for hydroxylation is 1. The average Bonchev–Trinajstić information content (AvgIpc) is 3.65. The Hall–Kier alpha value is -3.91. The predicted molar refractivity (Wildman–Crippen MR) is 152 cm³/mol. The fourth-order valence-electron chi connectivity index (χ4n) is 5.62. The number of carbonyl (C=O) groups excluding carboxylic acids is 2. The molecule has 0 radical (unpaired) electrons. The minimum atomic E-state index is -0.131. The number of thiazole rings is 1. The van der Waals surface area contributed by atoms with Crippen molar-refractivity contribution in [3.8, 4) is 11.5 Å². The molecule has 0 bridgehead atoms. The van der Waals surface area contributed by atoms with Crippen LogP contribution in [-0.4, -0.2) is 41.1 Å². The van der Waals surface area contributed by atoms with Crippen molar-refractivity contribution < 1.29 is 19.1 Å². The maximum absolute atomic E-state index is 13.5. The molecule has 0 spiro atoms. The number of anilines is 1. The lowest BCUT2D eigenvalue weighted by atomic mass is 9.90. The first-order valence-corrected chi connectivity index (χ1v) is 14.1. The third kappa shape index (κ3) is 4.96. The van der Waals surface area contributed by atoms with E-state index < -0.39 is 0 Å². The largest absolute Gasteiger partial charge is 0.454 e. The van der Waals surface area contributed by atoms with Gasteiger partial charge in [0.05, 0.1) is 18.2 Å². The molecule has 2 amide bonds. The number of likely N-dealkylation sites (tertiary alicyclic amines) is 1. The van der Waals surface area contributed by atoms with E-state index in [4.69, 9.17) is 14.5 Å². The highest BCUT2D eigenvalue weighted by molar-refractivity contribution is 7.15. The van der Waals surface area contributed by atoms with Crippen LogP contribution < -0.4 is 14.8 Å². The van der Waals surface area contributed by atoms with E-state index >= 15 is 0 Å². The monoisotopic (exact) mass is 541 g/mol. The van der Waals surface area contributed by atoms with E-state index in [-0.39, 0.29) is 42.9 Å². The van der Waals surface area contributed by atoms with Gasteiger partial charge in [0, 0.05) is 22.9 Å². The number of carbonyl (C=O) groups is 2. The molecule has 2 aromatic carbocycles. The van der Waals surface area contributed by atoms with E-state index in [0.717, 1.165) is 45.8 Å². The summed E-state index contributed by atoms with van der Waals surface area (Å²) in [6, 6.07) is 13.5. The van der Waals surface area contributed by atoms with Crippen molar-refractivity contribution in [1.29, 1.82) is 0 Å². The Morgan fingerprint density at radius 2 is 1.97 bits per heavy atom. The molecule has 1 aliphatic carbocycles. The second kappa shape index (κ2) is 10.3. The summed E-state index contributed by atoms with van der Waals surface area (Å²) in [7, 11) is 0. The van der Waals surface area contributed by atoms with Crippen molar-refractivity contribution in [3.05, 3.63) is 88.0 Å². The first kappa shape index (κ1) is 25.4. The molecule has 3 heterocycles. The first-order valence-electron chi connectivity index (χ1n) is 13.3. The Morgan fingerprint density at radius 1 is 1.15 bits per heavy atom. The molecular formula is C31H31N3O4S. The summed E-state index contributed by atoms with van der Waals surface area (Å²) in [5, 5.41) is 3.53. The van der Waals surface area contributed by atoms with Gasteiger partial charge >= 0.3 is 0 Å². The Morgan fingerprint density at radius 3 is 2.82 bits per heavy atom. The van der Waals surface area contributed by atoms with Crippen LogP contribution in [0.3, 0.4) is 0 Å². The molecule has 1 fully saturated rings. The molecule has 3 aliphatic rings. The Balaban J connectivity index is 1.13. The molecule has 0 saturated carbocycles. The van der Waals surface area contributed by atoms with Crippen LogP contribution in [0.15, 0.2) is 60.7 Å². The normalized spacial score (nSPS) is 19.3. The van der Waals surface area contributed by atoms with E-state index in [2.05, 4.69) is 43.5 Å². The zero-order valence-electron chi connectivity index (χ0n) is 22.3. The van der Waals surface area contributed by atoms with Crippen molar-refractivity contribution in [2.45, 2.75) is 45.6 Å². The van der Waals surface area contributed by atoms with Crippen LogP contribution in [0.2, 0.25) is 0 Å². The van der Waals surface area contributed by atoms with Gasteiger partial charge in [-0.15, -0.1) is 11.3 Å². The van der Waals surface area contributed by atoms with Gasteiger partial charge in [-0.05, 0) is 54.2 Å². The van der Waals surface area contributed by atoms with Crippen LogP contribution in [0.25, 0.3) is 5.57 Å². The van der Waals surface area contributed by atoms with Gasteiger partial charge in [0.1, 0.15) is 0 Å². The van der Waals surface area contributed by atoms with Gasteiger partial charge in [-0.2, -0.15) is 0 Å². The summed E-state index contributed by atoms with van der Waals surface area (Å²) in [5.74, 6) is 1.87. The molecule has 200 valence electrons. The zero-order valence-corrected chi connectivity index (χ0v) is 23.1. The molecule has 1 N–H and O–H groups in total. The standard InChI is InChI=1S/C31H31N3O4S/c1-18(2)23-6-4-5-7-24(23)30(36)34-13-12-21-16-22(9-10-25(21)34)29-19(3)39-31(33-29)32-28(35)15-20-8-11-26-27(14-20)38-17-37-26/h4-11,14,16,18,21,25H,12-13,15,17H2,1-3H3,(H,32,33,35). The maximum atomic E-state index is 13.5. The van der Waals surface area contributed by atoms with Gasteiger partial charge in [-0.25, -0.2) is 4.98 Å². The number of amides is 2.